The lowest BCUT2D eigenvalue weighted by Crippen LogP contribution is -2.27. The second-order valence-corrected chi connectivity index (χ2v) is 7.33. The van der Waals surface area contributed by atoms with Crippen molar-refractivity contribution in [3.63, 3.8) is 0 Å². The van der Waals surface area contributed by atoms with Crippen molar-refractivity contribution in [3.05, 3.63) is 35.1 Å². The topological polar surface area (TPSA) is 101 Å². The molecule has 0 bridgehead atoms. The van der Waals surface area contributed by atoms with E-state index in [0.29, 0.717) is 5.13 Å². The Labute approximate surface area is 137 Å². The van der Waals surface area contributed by atoms with Crippen molar-refractivity contribution in [2.75, 3.05) is 11.9 Å². The first-order valence-electron chi connectivity index (χ1n) is 6.78. The van der Waals surface area contributed by atoms with Crippen LogP contribution in [-0.4, -0.2) is 31.1 Å². The van der Waals surface area contributed by atoms with E-state index < -0.39 is 15.8 Å². The second kappa shape index (κ2) is 7.57. The van der Waals surface area contributed by atoms with Crippen molar-refractivity contribution in [2.24, 2.45) is 0 Å². The lowest BCUT2D eigenvalue weighted by molar-refractivity contribution is -0.116. The van der Waals surface area contributed by atoms with E-state index in [9.17, 15) is 17.6 Å². The number of anilines is 1. The van der Waals surface area contributed by atoms with E-state index in [4.69, 9.17) is 0 Å². The Bertz CT molecular complexity index is 775. The highest BCUT2D eigenvalue weighted by Gasteiger charge is 2.14. The average molecular weight is 358 g/mol. The molecule has 124 valence electrons. The number of carbonyl (C=O) groups is 1. The average Bonchev–Trinajstić information content (AvgIpc) is 2.95. The van der Waals surface area contributed by atoms with Gasteiger partial charge in [0, 0.05) is 13.0 Å². The fourth-order valence-electron chi connectivity index (χ4n) is 1.62. The van der Waals surface area contributed by atoms with Crippen LogP contribution < -0.4 is 10.0 Å². The second-order valence-electron chi connectivity index (χ2n) is 4.50. The molecule has 0 fully saturated rings. The third kappa shape index (κ3) is 5.05. The number of halogens is 1. The van der Waals surface area contributed by atoms with Crippen LogP contribution in [0.3, 0.4) is 0 Å². The Kier molecular flexibility index (Phi) is 5.74. The number of rotatable bonds is 7. The van der Waals surface area contributed by atoms with Gasteiger partial charge in [-0.15, -0.1) is 10.2 Å². The van der Waals surface area contributed by atoms with Crippen molar-refractivity contribution in [1.29, 1.82) is 0 Å². The number of aryl methyl sites for hydroxylation is 1. The van der Waals surface area contributed by atoms with Gasteiger partial charge in [-0.1, -0.05) is 18.3 Å². The molecule has 0 unspecified atom stereocenters. The summed E-state index contributed by atoms with van der Waals surface area (Å²) in [5, 5.41) is 11.4. The maximum Gasteiger partial charge on any atom is 0.240 e. The van der Waals surface area contributed by atoms with Crippen LogP contribution in [0.2, 0.25) is 0 Å². The lowest BCUT2D eigenvalue weighted by Gasteiger charge is -2.06. The molecule has 0 aliphatic rings. The third-order valence-electron chi connectivity index (χ3n) is 2.78. The van der Waals surface area contributed by atoms with Gasteiger partial charge in [0.2, 0.25) is 21.1 Å². The number of hydrogen-bond acceptors (Lipinski definition) is 6. The van der Waals surface area contributed by atoms with E-state index in [0.717, 1.165) is 35.7 Å². The number of nitrogens with zero attached hydrogens (tertiary/aromatic N) is 2. The smallest absolute Gasteiger partial charge is 0.240 e. The molecule has 10 heteroatoms. The number of hydrogen-bond donors (Lipinski definition) is 2. The summed E-state index contributed by atoms with van der Waals surface area (Å²) >= 11 is 1.27. The number of benzene rings is 1. The molecule has 0 spiro atoms. The first-order chi connectivity index (χ1) is 10.9. The molecule has 1 amide bonds. The largest absolute Gasteiger partial charge is 0.300 e. The maximum absolute atomic E-state index is 12.8. The van der Waals surface area contributed by atoms with Crippen molar-refractivity contribution in [1.82, 2.24) is 14.9 Å². The van der Waals surface area contributed by atoms with E-state index in [-0.39, 0.29) is 23.8 Å². The zero-order chi connectivity index (χ0) is 16.9. The van der Waals surface area contributed by atoms with E-state index in [2.05, 4.69) is 20.2 Å². The highest BCUT2D eigenvalue weighted by Crippen LogP contribution is 2.15. The summed E-state index contributed by atoms with van der Waals surface area (Å²) in [7, 11) is -3.77. The van der Waals surface area contributed by atoms with Crippen molar-refractivity contribution < 1.29 is 17.6 Å². The lowest BCUT2D eigenvalue weighted by atomic mass is 10.4. The summed E-state index contributed by atoms with van der Waals surface area (Å²) in [6.07, 6.45) is 0.673. The maximum atomic E-state index is 12.8. The molecule has 2 N–H and O–H groups in total. The standard InChI is InChI=1S/C13H15FN4O3S2/c1-2-12-17-18-13(22-12)16-11(19)7-8-15-23(20,21)10-5-3-9(14)4-6-10/h3-6,15H,2,7-8H2,1H3,(H,16,18,19). The minimum Gasteiger partial charge on any atom is -0.300 e. The van der Waals surface area contributed by atoms with E-state index in [1.165, 1.54) is 11.3 Å². The Balaban J connectivity index is 1.83. The molecule has 23 heavy (non-hydrogen) atoms. The van der Waals surface area contributed by atoms with Crippen LogP contribution in [0.4, 0.5) is 9.52 Å². The quantitative estimate of drug-likeness (QED) is 0.782. The minimum absolute atomic E-state index is 0.0541. The molecule has 0 saturated heterocycles. The molecule has 0 aliphatic heterocycles. The zero-order valence-electron chi connectivity index (χ0n) is 12.2. The molecular formula is C13H15FN4O3S2. The third-order valence-corrected chi connectivity index (χ3v) is 5.24. The van der Waals surface area contributed by atoms with Gasteiger partial charge in [0.25, 0.3) is 0 Å². The van der Waals surface area contributed by atoms with Crippen LogP contribution in [0.5, 0.6) is 0 Å². The van der Waals surface area contributed by atoms with Gasteiger partial charge in [-0.3, -0.25) is 4.79 Å². The van der Waals surface area contributed by atoms with E-state index >= 15 is 0 Å². The summed E-state index contributed by atoms with van der Waals surface area (Å²) in [5.74, 6) is -0.891. The molecule has 0 aliphatic carbocycles. The van der Waals surface area contributed by atoms with Gasteiger partial charge >= 0.3 is 0 Å². The van der Waals surface area contributed by atoms with E-state index in [1.807, 2.05) is 6.92 Å². The Morgan fingerprint density at radius 1 is 1.26 bits per heavy atom. The predicted molar refractivity (Wildman–Crippen MR) is 84.1 cm³/mol. The molecule has 0 saturated carbocycles. The van der Waals surface area contributed by atoms with Gasteiger partial charge in [0.05, 0.1) is 4.90 Å². The molecule has 1 aromatic carbocycles. The summed E-state index contributed by atoms with van der Waals surface area (Å²) < 4.78 is 39.0. The normalized spacial score (nSPS) is 11.4. The summed E-state index contributed by atoms with van der Waals surface area (Å²) in [6, 6.07) is 4.43. The number of amides is 1. The van der Waals surface area contributed by atoms with Gasteiger partial charge in [-0.25, -0.2) is 17.5 Å². The first kappa shape index (κ1) is 17.4. The molecular weight excluding hydrogens is 343 g/mol. The molecule has 0 radical (unpaired) electrons. The van der Waals surface area contributed by atoms with Crippen molar-refractivity contribution in [3.8, 4) is 0 Å². The Morgan fingerprint density at radius 3 is 2.57 bits per heavy atom. The molecule has 1 heterocycles. The summed E-state index contributed by atoms with van der Waals surface area (Å²) in [5.41, 5.74) is 0. The zero-order valence-corrected chi connectivity index (χ0v) is 13.9. The molecule has 1 aromatic heterocycles. The minimum atomic E-state index is -3.77. The molecule has 2 aromatic rings. The van der Waals surface area contributed by atoms with Crippen LogP contribution in [0, 0.1) is 5.82 Å². The predicted octanol–water partition coefficient (Wildman–Crippen LogP) is 1.55. The Morgan fingerprint density at radius 2 is 1.96 bits per heavy atom. The number of carbonyl (C=O) groups excluding carboxylic acids is 1. The van der Waals surface area contributed by atoms with Crippen LogP contribution in [-0.2, 0) is 21.2 Å². The SMILES string of the molecule is CCc1nnc(NC(=O)CCNS(=O)(=O)c2ccc(F)cc2)s1. The number of sulfonamides is 1. The molecule has 7 nitrogen and oxygen atoms in total. The molecule has 0 atom stereocenters. The van der Waals surface area contributed by atoms with E-state index in [1.54, 1.807) is 0 Å². The van der Waals surface area contributed by atoms with Crippen LogP contribution in [0.1, 0.15) is 18.4 Å². The summed E-state index contributed by atoms with van der Waals surface area (Å²) in [4.78, 5) is 11.7. The van der Waals surface area contributed by atoms with Crippen molar-refractivity contribution >= 4 is 32.4 Å². The Hall–Kier alpha value is -1.91. The van der Waals surface area contributed by atoms with Crippen LogP contribution in [0.25, 0.3) is 0 Å². The fourth-order valence-corrected chi connectivity index (χ4v) is 3.35. The van der Waals surface area contributed by atoms with Gasteiger partial charge < -0.3 is 5.32 Å². The van der Waals surface area contributed by atoms with Crippen LogP contribution in [0.15, 0.2) is 29.2 Å². The van der Waals surface area contributed by atoms with Gasteiger partial charge in [0.15, 0.2) is 0 Å². The van der Waals surface area contributed by atoms with Crippen molar-refractivity contribution in [2.45, 2.75) is 24.7 Å². The monoisotopic (exact) mass is 358 g/mol. The fraction of sp³-hybridized carbons (Fsp3) is 0.308. The first-order valence-corrected chi connectivity index (χ1v) is 9.08. The van der Waals surface area contributed by atoms with Gasteiger partial charge in [-0.05, 0) is 30.7 Å². The number of nitrogens with one attached hydrogen (secondary N) is 2. The highest BCUT2D eigenvalue weighted by molar-refractivity contribution is 7.89. The van der Waals surface area contributed by atoms with Gasteiger partial charge in [-0.2, -0.15) is 0 Å². The molecule has 2 rings (SSSR count). The highest BCUT2D eigenvalue weighted by atomic mass is 32.2. The summed E-state index contributed by atoms with van der Waals surface area (Å²) in [6.45, 7) is 1.85. The van der Waals surface area contributed by atoms with Gasteiger partial charge in [0.1, 0.15) is 10.8 Å². The van der Waals surface area contributed by atoms with Crippen LogP contribution >= 0.6 is 11.3 Å². The number of aromatic nitrogens is 2.